The van der Waals surface area contributed by atoms with E-state index in [1.165, 1.54) is 5.56 Å². The topological polar surface area (TPSA) is 58.8 Å². The summed E-state index contributed by atoms with van der Waals surface area (Å²) in [5, 5.41) is 0. The number of ether oxygens (including phenoxy) is 1. The summed E-state index contributed by atoms with van der Waals surface area (Å²) in [6, 6.07) is 10.5. The van der Waals surface area contributed by atoms with Crippen molar-refractivity contribution in [3.05, 3.63) is 35.9 Å². The number of hydrogen-bond acceptors (Lipinski definition) is 4. The molecule has 0 aromatic heterocycles. The van der Waals surface area contributed by atoms with Gasteiger partial charge in [-0.3, -0.25) is 9.69 Å². The lowest BCUT2D eigenvalue weighted by Crippen LogP contribution is -2.53. The van der Waals surface area contributed by atoms with Crippen molar-refractivity contribution in [2.75, 3.05) is 32.8 Å². The maximum Gasteiger partial charge on any atom is 0.253 e. The molecule has 3 unspecified atom stereocenters. The summed E-state index contributed by atoms with van der Waals surface area (Å²) in [5.41, 5.74) is 7.32. The molecule has 26 heavy (non-hydrogen) atoms. The van der Waals surface area contributed by atoms with Gasteiger partial charge < -0.3 is 15.4 Å². The predicted molar refractivity (Wildman–Crippen MR) is 109 cm³/mol. The van der Waals surface area contributed by atoms with Gasteiger partial charge in [0.15, 0.2) is 0 Å². The van der Waals surface area contributed by atoms with Gasteiger partial charge in [0.2, 0.25) is 0 Å². The van der Waals surface area contributed by atoms with Crippen LogP contribution < -0.4 is 5.73 Å². The Morgan fingerprint density at radius 3 is 2.65 bits per heavy atom. The molecule has 3 rings (SSSR count). The number of hydrogen-bond donors (Lipinski definition) is 1. The Morgan fingerprint density at radius 1 is 1.23 bits per heavy atom. The van der Waals surface area contributed by atoms with Gasteiger partial charge in [-0.05, 0) is 31.2 Å². The fourth-order valence-electron chi connectivity index (χ4n) is 3.68. The van der Waals surface area contributed by atoms with E-state index >= 15 is 0 Å². The molecule has 5 nitrogen and oxygen atoms in total. The van der Waals surface area contributed by atoms with Gasteiger partial charge in [0.1, 0.15) is 6.10 Å². The number of rotatable bonds is 4. The van der Waals surface area contributed by atoms with Crippen molar-refractivity contribution >= 4 is 30.7 Å². The SMILES string of the molecule is CC(N)C1CCCN(C(=O)C2CN(Cc3ccccc3)CCO2)C1.Cl.Cl. The molecular weight excluding hydrogens is 373 g/mol. The maximum atomic E-state index is 12.9. The minimum atomic E-state index is -0.339. The van der Waals surface area contributed by atoms with Crippen molar-refractivity contribution in [1.29, 1.82) is 0 Å². The highest BCUT2D eigenvalue weighted by Gasteiger charge is 2.33. The average Bonchev–Trinajstić information content (AvgIpc) is 2.62. The van der Waals surface area contributed by atoms with Crippen LogP contribution >= 0.6 is 24.8 Å². The fraction of sp³-hybridized carbons (Fsp3) is 0.632. The molecule has 7 heteroatoms. The minimum absolute atomic E-state index is 0. The molecule has 2 aliphatic heterocycles. The van der Waals surface area contributed by atoms with Crippen LogP contribution in [-0.4, -0.2) is 60.6 Å². The Labute approximate surface area is 169 Å². The van der Waals surface area contributed by atoms with Gasteiger partial charge in [-0.25, -0.2) is 0 Å². The normalized spacial score (nSPS) is 24.9. The number of carbonyl (C=O) groups excluding carboxylic acids is 1. The number of benzene rings is 1. The Kier molecular flexibility index (Phi) is 9.90. The van der Waals surface area contributed by atoms with Crippen molar-refractivity contribution in [2.45, 2.75) is 38.5 Å². The van der Waals surface area contributed by atoms with Gasteiger partial charge in [0, 0.05) is 38.8 Å². The van der Waals surface area contributed by atoms with Crippen molar-refractivity contribution in [1.82, 2.24) is 9.80 Å². The second-order valence-corrected chi connectivity index (χ2v) is 7.13. The van der Waals surface area contributed by atoms with Gasteiger partial charge in [-0.1, -0.05) is 30.3 Å². The van der Waals surface area contributed by atoms with E-state index in [9.17, 15) is 4.79 Å². The number of likely N-dealkylation sites (tertiary alicyclic amines) is 1. The number of nitrogens with two attached hydrogens (primary N) is 1. The zero-order chi connectivity index (χ0) is 16.9. The van der Waals surface area contributed by atoms with E-state index in [0.717, 1.165) is 39.0 Å². The second-order valence-electron chi connectivity index (χ2n) is 7.13. The highest BCUT2D eigenvalue weighted by atomic mass is 35.5. The number of halogens is 2. The molecule has 0 aliphatic carbocycles. The number of morpholine rings is 1. The van der Waals surface area contributed by atoms with Crippen molar-refractivity contribution in [3.8, 4) is 0 Å². The lowest BCUT2D eigenvalue weighted by Gasteiger charge is -2.39. The summed E-state index contributed by atoms with van der Waals surface area (Å²) >= 11 is 0. The molecule has 148 valence electrons. The standard InChI is InChI=1S/C19H29N3O2.2ClH/c1-15(20)17-8-5-9-22(13-17)19(23)18-14-21(10-11-24-18)12-16-6-3-2-4-7-16;;/h2-4,6-7,15,17-18H,5,8-14,20H2,1H3;2*1H. The summed E-state index contributed by atoms with van der Waals surface area (Å²) < 4.78 is 5.79. The molecule has 2 saturated heterocycles. The molecule has 1 aromatic rings. The first-order valence-electron chi connectivity index (χ1n) is 9.05. The molecule has 2 fully saturated rings. The Bertz CT molecular complexity index is 545. The van der Waals surface area contributed by atoms with Crippen molar-refractivity contribution in [2.24, 2.45) is 11.7 Å². The first-order chi connectivity index (χ1) is 11.6. The molecule has 0 spiro atoms. The Hall–Kier alpha value is -0.850. The zero-order valence-corrected chi connectivity index (χ0v) is 17.0. The second kappa shape index (κ2) is 11.1. The highest BCUT2D eigenvalue weighted by molar-refractivity contribution is 5.85. The smallest absolute Gasteiger partial charge is 0.253 e. The lowest BCUT2D eigenvalue weighted by atomic mass is 9.92. The molecule has 2 heterocycles. The molecule has 0 radical (unpaired) electrons. The van der Waals surface area contributed by atoms with Gasteiger partial charge in [0.25, 0.3) is 5.91 Å². The first-order valence-corrected chi connectivity index (χ1v) is 9.05. The largest absolute Gasteiger partial charge is 0.366 e. The van der Waals surface area contributed by atoms with E-state index in [4.69, 9.17) is 10.5 Å². The third kappa shape index (κ3) is 6.10. The monoisotopic (exact) mass is 403 g/mol. The number of nitrogens with zero attached hydrogens (tertiary/aromatic N) is 2. The molecule has 0 bridgehead atoms. The molecule has 1 aromatic carbocycles. The van der Waals surface area contributed by atoms with Gasteiger partial charge in [0.05, 0.1) is 6.61 Å². The van der Waals surface area contributed by atoms with Crippen LogP contribution in [0.1, 0.15) is 25.3 Å². The molecule has 3 atom stereocenters. The lowest BCUT2D eigenvalue weighted by molar-refractivity contribution is -0.151. The molecule has 0 saturated carbocycles. The van der Waals surface area contributed by atoms with Gasteiger partial charge in [-0.15, -0.1) is 24.8 Å². The van der Waals surface area contributed by atoms with Crippen molar-refractivity contribution < 1.29 is 9.53 Å². The van der Waals surface area contributed by atoms with E-state index in [0.29, 0.717) is 19.1 Å². The summed E-state index contributed by atoms with van der Waals surface area (Å²) in [6.45, 7) is 6.69. The first kappa shape index (κ1) is 23.2. The van der Waals surface area contributed by atoms with Crippen LogP contribution in [0.4, 0.5) is 0 Å². The third-order valence-electron chi connectivity index (χ3n) is 5.19. The van der Waals surface area contributed by atoms with Crippen LogP contribution in [0.15, 0.2) is 30.3 Å². The van der Waals surface area contributed by atoms with Crippen LogP contribution in [0.3, 0.4) is 0 Å². The maximum absolute atomic E-state index is 12.9. The molecular formula is C19H31Cl2N3O2. The van der Waals surface area contributed by atoms with Crippen LogP contribution in [0, 0.1) is 5.92 Å². The Morgan fingerprint density at radius 2 is 1.96 bits per heavy atom. The van der Waals surface area contributed by atoms with Crippen LogP contribution in [0.25, 0.3) is 0 Å². The van der Waals surface area contributed by atoms with Gasteiger partial charge in [-0.2, -0.15) is 0 Å². The van der Waals surface area contributed by atoms with Crippen LogP contribution in [0.2, 0.25) is 0 Å². The minimum Gasteiger partial charge on any atom is -0.366 e. The number of piperidine rings is 1. The van der Waals surface area contributed by atoms with E-state index < -0.39 is 0 Å². The fourth-order valence-corrected chi connectivity index (χ4v) is 3.68. The van der Waals surface area contributed by atoms with Gasteiger partial charge >= 0.3 is 0 Å². The summed E-state index contributed by atoms with van der Waals surface area (Å²) in [7, 11) is 0. The van der Waals surface area contributed by atoms with Crippen LogP contribution in [0.5, 0.6) is 0 Å². The van der Waals surface area contributed by atoms with E-state index in [-0.39, 0.29) is 42.9 Å². The third-order valence-corrected chi connectivity index (χ3v) is 5.19. The average molecular weight is 404 g/mol. The number of amides is 1. The highest BCUT2D eigenvalue weighted by Crippen LogP contribution is 2.21. The zero-order valence-electron chi connectivity index (χ0n) is 15.4. The van der Waals surface area contributed by atoms with E-state index in [1.807, 2.05) is 17.9 Å². The summed E-state index contributed by atoms with van der Waals surface area (Å²) in [4.78, 5) is 17.1. The van der Waals surface area contributed by atoms with E-state index in [2.05, 4.69) is 29.2 Å². The summed E-state index contributed by atoms with van der Waals surface area (Å²) in [5.74, 6) is 0.546. The number of carbonyl (C=O) groups is 1. The Balaban J connectivity index is 0.00000169. The predicted octanol–water partition coefficient (Wildman–Crippen LogP) is 2.32. The van der Waals surface area contributed by atoms with Crippen LogP contribution in [-0.2, 0) is 16.1 Å². The molecule has 2 N–H and O–H groups in total. The molecule has 2 aliphatic rings. The summed E-state index contributed by atoms with van der Waals surface area (Å²) in [6.07, 6.45) is 1.82. The van der Waals surface area contributed by atoms with Crippen molar-refractivity contribution in [3.63, 3.8) is 0 Å². The quantitative estimate of drug-likeness (QED) is 0.837. The molecule has 1 amide bonds. The van der Waals surface area contributed by atoms with E-state index in [1.54, 1.807) is 0 Å².